The highest BCUT2D eigenvalue weighted by Gasteiger charge is 2.12. The highest BCUT2D eigenvalue weighted by Crippen LogP contribution is 2.29. The van der Waals surface area contributed by atoms with E-state index in [1.807, 2.05) is 0 Å². The number of carboxylic acid groups (broad SMARTS) is 1. The van der Waals surface area contributed by atoms with Gasteiger partial charge in [-0.2, -0.15) is 5.26 Å². The van der Waals surface area contributed by atoms with Crippen LogP contribution < -0.4 is 9.47 Å². The van der Waals surface area contributed by atoms with Crippen LogP contribution >= 0.6 is 11.6 Å². The van der Waals surface area contributed by atoms with E-state index in [1.165, 1.54) is 43.5 Å². The van der Waals surface area contributed by atoms with E-state index in [0.717, 1.165) is 0 Å². The molecule has 0 aromatic heterocycles. The van der Waals surface area contributed by atoms with Crippen LogP contribution in [0.25, 0.3) is 6.08 Å². The summed E-state index contributed by atoms with van der Waals surface area (Å²) >= 11 is 5.97. The Morgan fingerprint density at radius 2 is 2.16 bits per heavy atom. The number of nitrogens with zero attached hydrogens (tertiary/aromatic N) is 1. The summed E-state index contributed by atoms with van der Waals surface area (Å²) in [6.07, 6.45) is 1.17. The molecule has 0 amide bonds. The molecule has 0 heterocycles. The van der Waals surface area contributed by atoms with E-state index in [2.05, 4.69) is 0 Å². The lowest BCUT2D eigenvalue weighted by atomic mass is 10.1. The average molecular weight is 362 g/mol. The van der Waals surface area contributed by atoms with Crippen LogP contribution in [-0.2, 0) is 11.4 Å². The van der Waals surface area contributed by atoms with Crippen LogP contribution in [0.2, 0.25) is 5.02 Å². The van der Waals surface area contributed by atoms with Crippen molar-refractivity contribution in [3.63, 3.8) is 0 Å². The van der Waals surface area contributed by atoms with Crippen molar-refractivity contribution in [2.75, 3.05) is 7.11 Å². The number of benzene rings is 2. The van der Waals surface area contributed by atoms with Crippen LogP contribution in [0.15, 0.2) is 42.0 Å². The SMILES string of the molecule is COc1ccc(C=C(C#N)C(=O)O)c(OCc2c(F)cccc2Cl)c1. The van der Waals surface area contributed by atoms with E-state index in [-0.39, 0.29) is 22.9 Å². The topological polar surface area (TPSA) is 79.5 Å². The van der Waals surface area contributed by atoms with Gasteiger partial charge in [0.25, 0.3) is 0 Å². The van der Waals surface area contributed by atoms with Crippen molar-refractivity contribution < 1.29 is 23.8 Å². The maximum atomic E-state index is 13.8. The number of carboxylic acids is 1. The van der Waals surface area contributed by atoms with Gasteiger partial charge in [-0.05, 0) is 30.3 Å². The summed E-state index contributed by atoms with van der Waals surface area (Å²) in [6, 6.07) is 10.5. The lowest BCUT2D eigenvalue weighted by Crippen LogP contribution is -2.02. The average Bonchev–Trinajstić information content (AvgIpc) is 2.59. The zero-order valence-electron chi connectivity index (χ0n) is 13.1. The number of ether oxygens (including phenoxy) is 2. The molecule has 0 atom stereocenters. The normalized spacial score (nSPS) is 10.9. The second-order valence-electron chi connectivity index (χ2n) is 4.87. The number of aliphatic carboxylic acids is 1. The third-order valence-corrected chi connectivity index (χ3v) is 3.66. The monoisotopic (exact) mass is 361 g/mol. The van der Waals surface area contributed by atoms with Crippen molar-refractivity contribution >= 4 is 23.6 Å². The number of rotatable bonds is 6. The molecule has 0 aliphatic rings. The molecule has 0 aliphatic heterocycles. The molecule has 0 unspecified atom stereocenters. The number of hydrogen-bond donors (Lipinski definition) is 1. The van der Waals surface area contributed by atoms with Gasteiger partial charge in [-0.25, -0.2) is 9.18 Å². The van der Waals surface area contributed by atoms with Crippen molar-refractivity contribution in [2.24, 2.45) is 0 Å². The summed E-state index contributed by atoms with van der Waals surface area (Å²) in [7, 11) is 1.46. The van der Waals surface area contributed by atoms with Gasteiger partial charge in [0.05, 0.1) is 12.1 Å². The number of hydrogen-bond acceptors (Lipinski definition) is 4. The molecule has 128 valence electrons. The Bertz CT molecular complexity index is 854. The number of nitriles is 1. The zero-order chi connectivity index (χ0) is 18.4. The molecule has 0 spiro atoms. The van der Waals surface area contributed by atoms with Crippen LogP contribution in [0.5, 0.6) is 11.5 Å². The molecule has 25 heavy (non-hydrogen) atoms. The van der Waals surface area contributed by atoms with E-state index in [1.54, 1.807) is 12.1 Å². The Hall–Kier alpha value is -3.04. The Kier molecular flexibility index (Phi) is 5.98. The summed E-state index contributed by atoms with van der Waals surface area (Å²) < 4.78 is 24.6. The van der Waals surface area contributed by atoms with Gasteiger partial charge >= 0.3 is 5.97 Å². The quantitative estimate of drug-likeness (QED) is 0.620. The van der Waals surface area contributed by atoms with Crippen molar-refractivity contribution in [1.29, 1.82) is 5.26 Å². The predicted molar refractivity (Wildman–Crippen MR) is 90.0 cm³/mol. The molecule has 0 fully saturated rings. The fourth-order valence-electron chi connectivity index (χ4n) is 2.00. The first kappa shape index (κ1) is 18.3. The van der Waals surface area contributed by atoms with Gasteiger partial charge in [0.1, 0.15) is 35.6 Å². The van der Waals surface area contributed by atoms with Crippen LogP contribution in [0.1, 0.15) is 11.1 Å². The molecule has 0 aliphatic carbocycles. The van der Waals surface area contributed by atoms with Gasteiger partial charge in [-0.3, -0.25) is 0 Å². The molecular formula is C18H13ClFNO4. The van der Waals surface area contributed by atoms with Crippen molar-refractivity contribution in [3.05, 3.63) is 63.9 Å². The molecular weight excluding hydrogens is 349 g/mol. The van der Waals surface area contributed by atoms with Gasteiger partial charge in [-0.15, -0.1) is 0 Å². The maximum absolute atomic E-state index is 13.8. The van der Waals surface area contributed by atoms with Crippen LogP contribution in [0, 0.1) is 17.1 Å². The smallest absolute Gasteiger partial charge is 0.346 e. The van der Waals surface area contributed by atoms with Crippen LogP contribution in [0.4, 0.5) is 4.39 Å². The first-order chi connectivity index (χ1) is 12.0. The summed E-state index contributed by atoms with van der Waals surface area (Å²) in [5.41, 5.74) is 0.0480. The number of carbonyl (C=O) groups is 1. The summed E-state index contributed by atoms with van der Waals surface area (Å²) in [5.74, 6) is -1.19. The Morgan fingerprint density at radius 1 is 1.40 bits per heavy atom. The van der Waals surface area contributed by atoms with E-state index in [9.17, 15) is 9.18 Å². The minimum absolute atomic E-state index is 0.167. The summed E-state index contributed by atoms with van der Waals surface area (Å²) in [4.78, 5) is 11.0. The van der Waals surface area contributed by atoms with Gasteiger partial charge in [0.2, 0.25) is 0 Å². The molecule has 5 nitrogen and oxygen atoms in total. The first-order valence-corrected chi connectivity index (χ1v) is 7.43. The van der Waals surface area contributed by atoms with Gasteiger partial charge in [-0.1, -0.05) is 17.7 Å². The maximum Gasteiger partial charge on any atom is 0.346 e. The third-order valence-electron chi connectivity index (χ3n) is 3.31. The molecule has 7 heteroatoms. The molecule has 0 saturated carbocycles. The first-order valence-electron chi connectivity index (χ1n) is 7.05. The molecule has 1 N–H and O–H groups in total. The van der Waals surface area contributed by atoms with Gasteiger partial charge < -0.3 is 14.6 Å². The molecule has 2 aromatic carbocycles. The predicted octanol–water partition coefficient (Wildman–Crippen LogP) is 4.06. The summed E-state index contributed by atoms with van der Waals surface area (Å²) in [6.45, 7) is -0.172. The lowest BCUT2D eigenvalue weighted by molar-refractivity contribution is -0.132. The molecule has 2 rings (SSSR count). The molecule has 0 saturated heterocycles. The number of methoxy groups -OCH3 is 1. The fourth-order valence-corrected chi connectivity index (χ4v) is 2.22. The van der Waals surface area contributed by atoms with Crippen molar-refractivity contribution in [3.8, 4) is 17.6 Å². The third kappa shape index (κ3) is 4.49. The fraction of sp³-hybridized carbons (Fsp3) is 0.111. The Morgan fingerprint density at radius 3 is 2.76 bits per heavy atom. The van der Waals surface area contributed by atoms with Crippen molar-refractivity contribution in [2.45, 2.75) is 6.61 Å². The van der Waals surface area contributed by atoms with Gasteiger partial charge in [0.15, 0.2) is 0 Å². The summed E-state index contributed by atoms with van der Waals surface area (Å²) in [5, 5.41) is 18.1. The Balaban J connectivity index is 2.38. The molecule has 0 bridgehead atoms. The number of halogens is 2. The van der Waals surface area contributed by atoms with E-state index in [0.29, 0.717) is 11.3 Å². The van der Waals surface area contributed by atoms with Gasteiger partial charge in [0, 0.05) is 17.2 Å². The van der Waals surface area contributed by atoms with Crippen molar-refractivity contribution in [1.82, 2.24) is 0 Å². The highest BCUT2D eigenvalue weighted by molar-refractivity contribution is 6.31. The minimum atomic E-state index is -1.36. The van der Waals surface area contributed by atoms with E-state index < -0.39 is 17.4 Å². The minimum Gasteiger partial charge on any atom is -0.497 e. The largest absolute Gasteiger partial charge is 0.497 e. The second kappa shape index (κ2) is 8.18. The van der Waals surface area contributed by atoms with Crippen LogP contribution in [-0.4, -0.2) is 18.2 Å². The standard InChI is InChI=1S/C18H13ClFNO4/c1-24-13-6-5-11(7-12(9-21)18(22)23)17(8-13)25-10-14-15(19)3-2-4-16(14)20/h2-8H,10H2,1H3,(H,22,23). The van der Waals surface area contributed by atoms with E-state index in [4.69, 9.17) is 31.4 Å². The van der Waals surface area contributed by atoms with E-state index >= 15 is 0 Å². The Labute approximate surface area is 148 Å². The zero-order valence-corrected chi connectivity index (χ0v) is 13.9. The lowest BCUT2D eigenvalue weighted by Gasteiger charge is -2.12. The molecule has 2 aromatic rings. The molecule has 0 radical (unpaired) electrons. The van der Waals surface area contributed by atoms with Crippen LogP contribution in [0.3, 0.4) is 0 Å². The second-order valence-corrected chi connectivity index (χ2v) is 5.27. The highest BCUT2D eigenvalue weighted by atomic mass is 35.5.